The first-order valence-corrected chi connectivity index (χ1v) is 6.92. The van der Waals surface area contributed by atoms with E-state index in [0.29, 0.717) is 4.88 Å². The number of benzene rings is 2. The molecular formula is C15H10FNO3S. The number of nitro benzene ring substituents is 1. The Bertz CT molecular complexity index is 811. The van der Waals surface area contributed by atoms with Gasteiger partial charge in [0, 0.05) is 27.3 Å². The molecule has 0 radical (unpaired) electrons. The number of methoxy groups -OCH3 is 1. The van der Waals surface area contributed by atoms with Crippen molar-refractivity contribution in [1.29, 1.82) is 0 Å². The summed E-state index contributed by atoms with van der Waals surface area (Å²) in [5.41, 5.74) is -0.0324. The van der Waals surface area contributed by atoms with Gasteiger partial charge in [0.05, 0.1) is 12.0 Å². The van der Waals surface area contributed by atoms with Crippen LogP contribution in [-0.2, 0) is 0 Å². The van der Waals surface area contributed by atoms with Gasteiger partial charge in [-0.3, -0.25) is 10.1 Å². The topological polar surface area (TPSA) is 52.4 Å². The molecule has 0 fully saturated rings. The zero-order valence-corrected chi connectivity index (χ0v) is 11.8. The van der Waals surface area contributed by atoms with Crippen molar-refractivity contribution in [2.45, 2.75) is 0 Å². The molecule has 4 nitrogen and oxygen atoms in total. The largest absolute Gasteiger partial charge is 0.490 e. The molecular weight excluding hydrogens is 293 g/mol. The average Bonchev–Trinajstić information content (AvgIpc) is 2.90. The van der Waals surface area contributed by atoms with Gasteiger partial charge in [0.1, 0.15) is 5.82 Å². The highest BCUT2D eigenvalue weighted by Gasteiger charge is 2.21. The van der Waals surface area contributed by atoms with E-state index in [4.69, 9.17) is 4.74 Å². The van der Waals surface area contributed by atoms with Gasteiger partial charge >= 0.3 is 5.69 Å². The maximum absolute atomic E-state index is 14.2. The van der Waals surface area contributed by atoms with E-state index in [-0.39, 0.29) is 17.0 Å². The average molecular weight is 303 g/mol. The van der Waals surface area contributed by atoms with Crippen LogP contribution in [0, 0.1) is 15.9 Å². The molecule has 0 saturated carbocycles. The van der Waals surface area contributed by atoms with Gasteiger partial charge in [-0.05, 0) is 17.5 Å². The predicted octanol–water partition coefficient (Wildman–Crippen LogP) is 4.62. The third-order valence-electron chi connectivity index (χ3n) is 3.16. The zero-order chi connectivity index (χ0) is 15.0. The third kappa shape index (κ3) is 2.34. The van der Waals surface area contributed by atoms with Crippen molar-refractivity contribution in [2.75, 3.05) is 7.11 Å². The molecule has 0 aliphatic carbocycles. The Morgan fingerprint density at radius 2 is 2.00 bits per heavy atom. The second kappa shape index (κ2) is 5.14. The smallest absolute Gasteiger partial charge is 0.311 e. The summed E-state index contributed by atoms with van der Waals surface area (Å²) in [6.07, 6.45) is 0. The van der Waals surface area contributed by atoms with E-state index in [1.54, 1.807) is 0 Å². The SMILES string of the molecule is COc1cc(F)c(-c2cc3ccccc3s2)cc1[N+](=O)[O-]. The van der Waals surface area contributed by atoms with Gasteiger partial charge < -0.3 is 4.74 Å². The van der Waals surface area contributed by atoms with Crippen molar-refractivity contribution in [3.63, 3.8) is 0 Å². The first kappa shape index (κ1) is 13.5. The highest BCUT2D eigenvalue weighted by molar-refractivity contribution is 7.22. The molecule has 3 rings (SSSR count). The molecule has 21 heavy (non-hydrogen) atoms. The van der Waals surface area contributed by atoms with Gasteiger partial charge in [-0.25, -0.2) is 4.39 Å². The van der Waals surface area contributed by atoms with Crippen molar-refractivity contribution in [2.24, 2.45) is 0 Å². The van der Waals surface area contributed by atoms with Crippen LogP contribution in [0.4, 0.5) is 10.1 Å². The normalized spacial score (nSPS) is 10.8. The van der Waals surface area contributed by atoms with Crippen molar-refractivity contribution in [3.05, 3.63) is 58.4 Å². The molecule has 0 atom stereocenters. The summed E-state index contributed by atoms with van der Waals surface area (Å²) < 4.78 is 20.1. The number of thiophene rings is 1. The van der Waals surface area contributed by atoms with E-state index in [2.05, 4.69) is 0 Å². The van der Waals surface area contributed by atoms with E-state index >= 15 is 0 Å². The number of halogens is 1. The molecule has 1 aromatic heterocycles. The maximum atomic E-state index is 14.2. The van der Waals surface area contributed by atoms with E-state index in [1.807, 2.05) is 30.3 Å². The lowest BCUT2D eigenvalue weighted by atomic mass is 10.1. The van der Waals surface area contributed by atoms with Gasteiger partial charge in [0.15, 0.2) is 5.75 Å². The van der Waals surface area contributed by atoms with E-state index in [9.17, 15) is 14.5 Å². The summed E-state index contributed by atoms with van der Waals surface area (Å²) in [5.74, 6) is -0.619. The monoisotopic (exact) mass is 303 g/mol. The first-order valence-electron chi connectivity index (χ1n) is 6.11. The van der Waals surface area contributed by atoms with Crippen molar-refractivity contribution in [3.8, 4) is 16.2 Å². The lowest BCUT2D eigenvalue weighted by Crippen LogP contribution is -1.96. The Morgan fingerprint density at radius 3 is 2.67 bits per heavy atom. The predicted molar refractivity (Wildman–Crippen MR) is 80.4 cm³/mol. The molecule has 3 aromatic rings. The Hall–Kier alpha value is -2.47. The molecule has 2 aromatic carbocycles. The van der Waals surface area contributed by atoms with Crippen molar-refractivity contribution < 1.29 is 14.1 Å². The molecule has 0 saturated heterocycles. The minimum Gasteiger partial charge on any atom is -0.490 e. The number of hydrogen-bond donors (Lipinski definition) is 0. The minimum atomic E-state index is -0.574. The zero-order valence-electron chi connectivity index (χ0n) is 11.0. The number of hydrogen-bond acceptors (Lipinski definition) is 4. The summed E-state index contributed by atoms with van der Waals surface area (Å²) in [6.45, 7) is 0. The van der Waals surface area contributed by atoms with E-state index < -0.39 is 10.7 Å². The molecule has 0 spiro atoms. The van der Waals surface area contributed by atoms with E-state index in [1.165, 1.54) is 24.5 Å². The summed E-state index contributed by atoms with van der Waals surface area (Å²) >= 11 is 1.39. The summed E-state index contributed by atoms with van der Waals surface area (Å²) in [6, 6.07) is 11.7. The minimum absolute atomic E-state index is 0.0811. The molecule has 6 heteroatoms. The second-order valence-electron chi connectivity index (χ2n) is 4.41. The molecule has 0 unspecified atom stereocenters. The van der Waals surface area contributed by atoms with Crippen LogP contribution in [0.1, 0.15) is 0 Å². The van der Waals surface area contributed by atoms with Crippen molar-refractivity contribution in [1.82, 2.24) is 0 Å². The Kier molecular flexibility index (Phi) is 3.31. The van der Waals surface area contributed by atoms with Crippen molar-refractivity contribution >= 4 is 27.1 Å². The second-order valence-corrected chi connectivity index (χ2v) is 5.49. The lowest BCUT2D eigenvalue weighted by molar-refractivity contribution is -0.385. The third-order valence-corrected chi connectivity index (χ3v) is 4.31. The van der Waals surface area contributed by atoms with Crippen LogP contribution in [0.15, 0.2) is 42.5 Å². The fourth-order valence-corrected chi connectivity index (χ4v) is 3.23. The fourth-order valence-electron chi connectivity index (χ4n) is 2.15. The molecule has 0 aliphatic heterocycles. The molecule has 106 valence electrons. The van der Waals surface area contributed by atoms with Crippen LogP contribution in [-0.4, -0.2) is 12.0 Å². The number of rotatable bonds is 3. The van der Waals surface area contributed by atoms with Gasteiger partial charge in [0.2, 0.25) is 0 Å². The summed E-state index contributed by atoms with van der Waals surface area (Å²) in [4.78, 5) is 11.1. The molecule has 0 bridgehead atoms. The number of nitrogens with zero attached hydrogens (tertiary/aromatic N) is 1. The highest BCUT2D eigenvalue weighted by atomic mass is 32.1. The van der Waals surface area contributed by atoms with Gasteiger partial charge in [0.25, 0.3) is 0 Å². The standard InChI is InChI=1S/C15H10FNO3S/c1-20-13-8-11(16)10(7-12(13)17(18)19)15-6-9-4-2-3-5-14(9)21-15/h2-8H,1H3. The Morgan fingerprint density at radius 1 is 1.24 bits per heavy atom. The molecule has 0 amide bonds. The van der Waals surface area contributed by atoms with Crippen LogP contribution in [0.25, 0.3) is 20.5 Å². The first-order chi connectivity index (χ1) is 10.1. The van der Waals surface area contributed by atoms with Crippen LogP contribution in [0.5, 0.6) is 5.75 Å². The summed E-state index contributed by atoms with van der Waals surface area (Å²) in [5, 5.41) is 12.0. The lowest BCUT2D eigenvalue weighted by Gasteiger charge is -2.05. The van der Waals surface area contributed by atoms with Gasteiger partial charge in [-0.1, -0.05) is 18.2 Å². The molecule has 1 heterocycles. The number of fused-ring (bicyclic) bond motifs is 1. The highest BCUT2D eigenvalue weighted by Crippen LogP contribution is 2.39. The Labute approximate surface area is 123 Å². The van der Waals surface area contributed by atoms with Crippen LogP contribution < -0.4 is 4.74 Å². The summed E-state index contributed by atoms with van der Waals surface area (Å²) in [7, 11) is 1.28. The maximum Gasteiger partial charge on any atom is 0.311 e. The molecule has 0 N–H and O–H groups in total. The van der Waals surface area contributed by atoms with Crippen LogP contribution >= 0.6 is 11.3 Å². The van der Waals surface area contributed by atoms with Gasteiger partial charge in [-0.2, -0.15) is 0 Å². The number of ether oxygens (including phenoxy) is 1. The number of nitro groups is 1. The van der Waals surface area contributed by atoms with Gasteiger partial charge in [-0.15, -0.1) is 11.3 Å². The van der Waals surface area contributed by atoms with Crippen LogP contribution in [0.2, 0.25) is 0 Å². The molecule has 0 aliphatic rings. The van der Waals surface area contributed by atoms with Crippen LogP contribution in [0.3, 0.4) is 0 Å². The van der Waals surface area contributed by atoms with E-state index in [0.717, 1.165) is 16.2 Å². The fraction of sp³-hybridized carbons (Fsp3) is 0.0667. The quantitative estimate of drug-likeness (QED) is 0.524. The Balaban J connectivity index is 2.21.